The van der Waals surface area contributed by atoms with Gasteiger partial charge in [-0.3, -0.25) is 4.79 Å². The summed E-state index contributed by atoms with van der Waals surface area (Å²) < 4.78 is 0. The topological polar surface area (TPSA) is 29.1 Å². The second kappa shape index (κ2) is 7.66. The molecule has 116 valence electrons. The maximum atomic E-state index is 12.1. The van der Waals surface area contributed by atoms with Crippen LogP contribution in [0.1, 0.15) is 36.1 Å². The lowest BCUT2D eigenvalue weighted by Crippen LogP contribution is -2.26. The van der Waals surface area contributed by atoms with Gasteiger partial charge in [-0.05, 0) is 43.5 Å². The molecule has 4 heteroatoms. The van der Waals surface area contributed by atoms with E-state index in [0.29, 0.717) is 22.9 Å². The molecule has 2 aromatic carbocycles. The third kappa shape index (κ3) is 4.49. The highest BCUT2D eigenvalue weighted by molar-refractivity contribution is 6.36. The van der Waals surface area contributed by atoms with Crippen LogP contribution in [0.4, 0.5) is 0 Å². The highest BCUT2D eigenvalue weighted by Gasteiger charge is 2.12. The maximum absolute atomic E-state index is 12.1. The molecular weight excluding hydrogens is 317 g/mol. The number of carbonyl (C=O) groups excluding carboxylic acids is 1. The number of hydrogen-bond donors (Lipinski definition) is 1. The monoisotopic (exact) mass is 335 g/mol. The van der Waals surface area contributed by atoms with Crippen molar-refractivity contribution in [2.45, 2.75) is 32.7 Å². The van der Waals surface area contributed by atoms with Crippen molar-refractivity contribution in [1.82, 2.24) is 5.32 Å². The molecule has 0 heterocycles. The van der Waals surface area contributed by atoms with Crippen molar-refractivity contribution in [3.8, 4) is 0 Å². The van der Waals surface area contributed by atoms with E-state index in [9.17, 15) is 4.79 Å². The van der Waals surface area contributed by atoms with Crippen LogP contribution in [0.5, 0.6) is 0 Å². The summed E-state index contributed by atoms with van der Waals surface area (Å²) in [5.41, 5.74) is 3.12. The second-order valence-corrected chi connectivity index (χ2v) is 6.21. The number of nitrogens with one attached hydrogen (secondary N) is 1. The molecule has 0 radical (unpaired) electrons. The van der Waals surface area contributed by atoms with Gasteiger partial charge in [0.2, 0.25) is 5.91 Å². The Hall–Kier alpha value is -1.51. The second-order valence-electron chi connectivity index (χ2n) is 5.40. The fourth-order valence-corrected chi connectivity index (χ4v) is 2.85. The normalized spacial score (nSPS) is 12.0. The first-order chi connectivity index (χ1) is 10.5. The van der Waals surface area contributed by atoms with Gasteiger partial charge in [-0.25, -0.2) is 0 Å². The summed E-state index contributed by atoms with van der Waals surface area (Å²) >= 11 is 12.2. The van der Waals surface area contributed by atoms with Crippen molar-refractivity contribution >= 4 is 29.1 Å². The van der Waals surface area contributed by atoms with E-state index in [0.717, 1.165) is 11.1 Å². The van der Waals surface area contributed by atoms with Crippen molar-refractivity contribution in [3.05, 3.63) is 69.2 Å². The van der Waals surface area contributed by atoms with Crippen LogP contribution in [0, 0.1) is 6.92 Å². The summed E-state index contributed by atoms with van der Waals surface area (Å²) in [7, 11) is 0. The van der Waals surface area contributed by atoms with Crippen LogP contribution in [0.25, 0.3) is 0 Å². The molecule has 0 spiro atoms. The minimum Gasteiger partial charge on any atom is -0.350 e. The number of amides is 1. The van der Waals surface area contributed by atoms with Crippen molar-refractivity contribution in [3.63, 3.8) is 0 Å². The lowest BCUT2D eigenvalue weighted by molar-refractivity contribution is -0.121. The zero-order valence-corrected chi connectivity index (χ0v) is 14.2. The Morgan fingerprint density at radius 1 is 1.09 bits per heavy atom. The van der Waals surface area contributed by atoms with Crippen molar-refractivity contribution in [1.29, 1.82) is 0 Å². The van der Waals surface area contributed by atoms with E-state index in [2.05, 4.69) is 5.32 Å². The van der Waals surface area contributed by atoms with E-state index in [1.807, 2.05) is 38.1 Å². The van der Waals surface area contributed by atoms with E-state index >= 15 is 0 Å². The van der Waals surface area contributed by atoms with E-state index < -0.39 is 0 Å². The van der Waals surface area contributed by atoms with Gasteiger partial charge in [0, 0.05) is 16.5 Å². The Morgan fingerprint density at radius 2 is 1.68 bits per heavy atom. The van der Waals surface area contributed by atoms with Crippen molar-refractivity contribution in [2.24, 2.45) is 0 Å². The molecule has 1 N–H and O–H groups in total. The zero-order valence-electron chi connectivity index (χ0n) is 12.7. The third-order valence-electron chi connectivity index (χ3n) is 3.62. The third-order valence-corrected chi connectivity index (χ3v) is 4.33. The van der Waals surface area contributed by atoms with E-state index in [1.165, 1.54) is 5.56 Å². The number of aryl methyl sites for hydroxylation is 1. The van der Waals surface area contributed by atoms with E-state index in [1.54, 1.807) is 18.2 Å². The summed E-state index contributed by atoms with van der Waals surface area (Å²) in [5, 5.41) is 4.21. The molecule has 1 amide bonds. The molecule has 0 aliphatic rings. The van der Waals surface area contributed by atoms with Gasteiger partial charge in [0.25, 0.3) is 0 Å². The Kier molecular flexibility index (Phi) is 5.87. The quantitative estimate of drug-likeness (QED) is 0.807. The molecule has 1 atom stereocenters. The van der Waals surface area contributed by atoms with Crippen LogP contribution < -0.4 is 5.32 Å². The average Bonchev–Trinajstić information content (AvgIpc) is 2.47. The molecule has 2 rings (SSSR count). The fraction of sp³-hybridized carbons (Fsp3) is 0.278. The SMILES string of the molecule is Cc1ccc([C@@H](C)NC(=O)CCc2c(Cl)cccc2Cl)cc1. The maximum Gasteiger partial charge on any atom is 0.220 e. The van der Waals surface area contributed by atoms with E-state index in [-0.39, 0.29) is 11.9 Å². The average molecular weight is 336 g/mol. The molecule has 0 saturated carbocycles. The Labute approximate surface area is 141 Å². The molecular formula is C18H19Cl2NO. The molecule has 0 aliphatic carbocycles. The Morgan fingerprint density at radius 3 is 2.27 bits per heavy atom. The van der Waals surface area contributed by atoms with Crippen LogP contribution in [-0.4, -0.2) is 5.91 Å². The van der Waals surface area contributed by atoms with Crippen LogP contribution in [0.3, 0.4) is 0 Å². The predicted octanol–water partition coefficient (Wildman–Crippen LogP) is 5.11. The van der Waals surface area contributed by atoms with Gasteiger partial charge in [-0.2, -0.15) is 0 Å². The molecule has 0 bridgehead atoms. The highest BCUT2D eigenvalue weighted by atomic mass is 35.5. The van der Waals surface area contributed by atoms with Crippen molar-refractivity contribution < 1.29 is 4.79 Å². The van der Waals surface area contributed by atoms with Crippen LogP contribution in [0.15, 0.2) is 42.5 Å². The number of rotatable bonds is 5. The summed E-state index contributed by atoms with van der Waals surface area (Å²) in [6.07, 6.45) is 0.893. The summed E-state index contributed by atoms with van der Waals surface area (Å²) in [4.78, 5) is 12.1. The molecule has 0 fully saturated rings. The van der Waals surface area contributed by atoms with Crippen LogP contribution in [0.2, 0.25) is 10.0 Å². The van der Waals surface area contributed by atoms with Crippen molar-refractivity contribution in [2.75, 3.05) is 0 Å². The molecule has 0 saturated heterocycles. The highest BCUT2D eigenvalue weighted by Crippen LogP contribution is 2.25. The number of benzene rings is 2. The Balaban J connectivity index is 1.91. The number of hydrogen-bond acceptors (Lipinski definition) is 1. The molecule has 0 unspecified atom stereocenters. The summed E-state index contributed by atoms with van der Waals surface area (Å²) in [5.74, 6) is -0.0101. The first kappa shape index (κ1) is 16.9. The van der Waals surface area contributed by atoms with Gasteiger partial charge in [0.15, 0.2) is 0 Å². The number of carbonyl (C=O) groups is 1. The minimum atomic E-state index is -0.0187. The van der Waals surface area contributed by atoms with Crippen LogP contribution >= 0.6 is 23.2 Å². The first-order valence-electron chi connectivity index (χ1n) is 7.26. The van der Waals surface area contributed by atoms with Crippen LogP contribution in [-0.2, 0) is 11.2 Å². The molecule has 0 aromatic heterocycles. The largest absolute Gasteiger partial charge is 0.350 e. The summed E-state index contributed by atoms with van der Waals surface area (Å²) in [6.45, 7) is 4.02. The van der Waals surface area contributed by atoms with Gasteiger partial charge in [-0.15, -0.1) is 0 Å². The molecule has 22 heavy (non-hydrogen) atoms. The van der Waals surface area contributed by atoms with Gasteiger partial charge in [0.1, 0.15) is 0 Å². The fourth-order valence-electron chi connectivity index (χ4n) is 2.26. The van der Waals surface area contributed by atoms with E-state index in [4.69, 9.17) is 23.2 Å². The smallest absolute Gasteiger partial charge is 0.220 e. The van der Waals surface area contributed by atoms with Gasteiger partial charge < -0.3 is 5.32 Å². The summed E-state index contributed by atoms with van der Waals surface area (Å²) in [6, 6.07) is 13.5. The Bertz CT molecular complexity index is 632. The molecule has 2 aromatic rings. The predicted molar refractivity (Wildman–Crippen MR) is 92.5 cm³/mol. The minimum absolute atomic E-state index is 0.0101. The molecule has 2 nitrogen and oxygen atoms in total. The molecule has 0 aliphatic heterocycles. The standard InChI is InChI=1S/C18H19Cl2NO/c1-12-6-8-14(9-7-12)13(2)21-18(22)11-10-15-16(19)4-3-5-17(15)20/h3-9,13H,10-11H2,1-2H3,(H,21,22)/t13-/m1/s1. The number of halogens is 2. The lowest BCUT2D eigenvalue weighted by Gasteiger charge is -2.15. The first-order valence-corrected chi connectivity index (χ1v) is 8.02. The zero-order chi connectivity index (χ0) is 16.1. The van der Waals surface area contributed by atoms with Gasteiger partial charge >= 0.3 is 0 Å². The van der Waals surface area contributed by atoms with Gasteiger partial charge in [0.05, 0.1) is 6.04 Å². The lowest BCUT2D eigenvalue weighted by atomic mass is 10.1. The van der Waals surface area contributed by atoms with Gasteiger partial charge in [-0.1, -0.05) is 59.1 Å².